The van der Waals surface area contributed by atoms with Crippen LogP contribution in [0.2, 0.25) is 5.02 Å². The summed E-state index contributed by atoms with van der Waals surface area (Å²) in [7, 11) is 1.62. The Balaban J connectivity index is 1.63. The van der Waals surface area contributed by atoms with Crippen molar-refractivity contribution in [3.63, 3.8) is 0 Å². The minimum Gasteiger partial charge on any atom is -0.496 e. The first-order valence-electron chi connectivity index (χ1n) is 9.81. The first kappa shape index (κ1) is 21.4. The molecule has 1 heterocycles. The van der Waals surface area contributed by atoms with Gasteiger partial charge in [0.15, 0.2) is 0 Å². The van der Waals surface area contributed by atoms with Crippen molar-refractivity contribution < 1.29 is 14.3 Å². The zero-order valence-corrected chi connectivity index (χ0v) is 17.8. The third kappa shape index (κ3) is 5.63. The van der Waals surface area contributed by atoms with E-state index in [0.717, 1.165) is 35.7 Å². The van der Waals surface area contributed by atoms with Crippen LogP contribution in [0.25, 0.3) is 0 Å². The van der Waals surface area contributed by atoms with Crippen LogP contribution in [0.1, 0.15) is 41.3 Å². The molecule has 0 unspecified atom stereocenters. The van der Waals surface area contributed by atoms with Gasteiger partial charge >= 0.3 is 0 Å². The smallest absolute Gasteiger partial charge is 0.251 e. The highest BCUT2D eigenvalue weighted by Gasteiger charge is 2.21. The molecule has 3 rings (SSSR count). The Labute approximate surface area is 176 Å². The topological polar surface area (TPSA) is 71.6 Å². The van der Waals surface area contributed by atoms with Crippen LogP contribution >= 0.6 is 11.6 Å². The third-order valence-corrected chi connectivity index (χ3v) is 5.16. The summed E-state index contributed by atoms with van der Waals surface area (Å²) in [5, 5.41) is 3.49. The van der Waals surface area contributed by atoms with Crippen molar-refractivity contribution in [1.82, 2.24) is 16.2 Å². The summed E-state index contributed by atoms with van der Waals surface area (Å²) in [5.41, 5.74) is 8.70. The third-order valence-electron chi connectivity index (χ3n) is 4.80. The molecule has 0 radical (unpaired) electrons. The SMILES string of the molecule is COc1cc(C(=O)NCc2ccc(OCC(C)C)cc2Cl)ccc1C1CNNC1. The van der Waals surface area contributed by atoms with E-state index >= 15 is 0 Å². The number of ether oxygens (including phenoxy) is 2. The van der Waals surface area contributed by atoms with Gasteiger partial charge in [-0.1, -0.05) is 37.6 Å². The molecule has 156 valence electrons. The van der Waals surface area contributed by atoms with Crippen molar-refractivity contribution in [2.75, 3.05) is 26.8 Å². The number of carbonyl (C=O) groups is 1. The Morgan fingerprint density at radius 2 is 1.97 bits per heavy atom. The number of amides is 1. The second-order valence-corrected chi connectivity index (χ2v) is 7.96. The summed E-state index contributed by atoms with van der Waals surface area (Å²) < 4.78 is 11.2. The molecule has 0 aromatic heterocycles. The molecule has 0 aliphatic carbocycles. The molecule has 29 heavy (non-hydrogen) atoms. The van der Waals surface area contributed by atoms with E-state index in [1.54, 1.807) is 19.2 Å². The summed E-state index contributed by atoms with van der Waals surface area (Å²) in [6.45, 7) is 6.82. The van der Waals surface area contributed by atoms with Crippen molar-refractivity contribution >= 4 is 17.5 Å². The van der Waals surface area contributed by atoms with E-state index in [1.807, 2.05) is 24.3 Å². The van der Waals surface area contributed by atoms with Gasteiger partial charge in [0.25, 0.3) is 5.91 Å². The lowest BCUT2D eigenvalue weighted by molar-refractivity contribution is 0.0950. The lowest BCUT2D eigenvalue weighted by atomic mass is 9.97. The van der Waals surface area contributed by atoms with Gasteiger partial charge in [-0.25, -0.2) is 0 Å². The molecule has 0 atom stereocenters. The molecule has 1 aliphatic heterocycles. The first-order chi connectivity index (χ1) is 14.0. The molecule has 1 aliphatic rings. The fourth-order valence-corrected chi connectivity index (χ4v) is 3.41. The van der Waals surface area contributed by atoms with Gasteiger partial charge in [0.05, 0.1) is 13.7 Å². The molecule has 1 saturated heterocycles. The highest BCUT2D eigenvalue weighted by Crippen LogP contribution is 2.29. The minimum absolute atomic E-state index is 0.172. The van der Waals surface area contributed by atoms with Crippen molar-refractivity contribution in [1.29, 1.82) is 0 Å². The second kappa shape index (κ2) is 9.96. The Morgan fingerprint density at radius 3 is 2.62 bits per heavy atom. The monoisotopic (exact) mass is 417 g/mol. The normalized spacial score (nSPS) is 14.2. The van der Waals surface area contributed by atoms with Gasteiger partial charge in [0.1, 0.15) is 11.5 Å². The number of nitrogens with one attached hydrogen (secondary N) is 3. The highest BCUT2D eigenvalue weighted by atomic mass is 35.5. The average molecular weight is 418 g/mol. The van der Waals surface area contributed by atoms with Crippen molar-refractivity contribution in [2.45, 2.75) is 26.3 Å². The molecule has 2 aromatic rings. The average Bonchev–Trinajstić information content (AvgIpc) is 3.25. The maximum atomic E-state index is 12.6. The van der Waals surface area contributed by atoms with Crippen LogP contribution in [-0.2, 0) is 6.54 Å². The standard InChI is InChI=1S/C22H28ClN3O3/c1-14(2)13-29-18-6-4-16(20(23)9-18)10-24-22(27)15-5-7-19(21(8-15)28-3)17-11-25-26-12-17/h4-9,14,17,25-26H,10-13H2,1-3H3,(H,24,27). The number of halogens is 1. The Morgan fingerprint density at radius 1 is 1.21 bits per heavy atom. The van der Waals surface area contributed by atoms with Gasteiger partial charge in [-0.2, -0.15) is 0 Å². The summed E-state index contributed by atoms with van der Waals surface area (Å²) in [6.07, 6.45) is 0. The number of hydrazine groups is 1. The zero-order valence-electron chi connectivity index (χ0n) is 17.0. The van der Waals surface area contributed by atoms with E-state index < -0.39 is 0 Å². The number of benzene rings is 2. The van der Waals surface area contributed by atoms with Crippen LogP contribution in [0.5, 0.6) is 11.5 Å². The molecular weight excluding hydrogens is 390 g/mol. The van der Waals surface area contributed by atoms with E-state index in [4.69, 9.17) is 21.1 Å². The maximum absolute atomic E-state index is 12.6. The van der Waals surface area contributed by atoms with E-state index in [-0.39, 0.29) is 5.91 Å². The fraction of sp³-hybridized carbons (Fsp3) is 0.409. The quantitative estimate of drug-likeness (QED) is 0.613. The predicted octanol–water partition coefficient (Wildman–Crippen LogP) is 3.50. The Kier molecular flexibility index (Phi) is 7.36. The van der Waals surface area contributed by atoms with Crippen LogP contribution in [0, 0.1) is 5.92 Å². The summed E-state index contributed by atoms with van der Waals surface area (Å²) in [4.78, 5) is 12.6. The number of hydrogen-bond acceptors (Lipinski definition) is 5. The number of carbonyl (C=O) groups excluding carboxylic acids is 1. The second-order valence-electron chi connectivity index (χ2n) is 7.56. The van der Waals surface area contributed by atoms with Crippen molar-refractivity contribution in [3.05, 3.63) is 58.1 Å². The summed E-state index contributed by atoms with van der Waals surface area (Å²) in [6, 6.07) is 11.1. The molecule has 2 aromatic carbocycles. The van der Waals surface area contributed by atoms with Gasteiger partial charge in [0, 0.05) is 36.1 Å². The lowest BCUT2D eigenvalue weighted by Gasteiger charge is -2.15. The zero-order chi connectivity index (χ0) is 20.8. The Hall–Kier alpha value is -2.28. The molecule has 0 bridgehead atoms. The number of hydrogen-bond donors (Lipinski definition) is 3. The van der Waals surface area contributed by atoms with E-state index in [1.165, 1.54) is 0 Å². The first-order valence-corrected chi connectivity index (χ1v) is 10.2. The van der Waals surface area contributed by atoms with Gasteiger partial charge in [-0.3, -0.25) is 15.6 Å². The highest BCUT2D eigenvalue weighted by molar-refractivity contribution is 6.31. The van der Waals surface area contributed by atoms with Gasteiger partial charge in [-0.05, 0) is 41.3 Å². The van der Waals surface area contributed by atoms with Crippen LogP contribution in [0.3, 0.4) is 0 Å². The minimum atomic E-state index is -0.172. The number of methoxy groups -OCH3 is 1. The van der Waals surface area contributed by atoms with Crippen molar-refractivity contribution in [2.24, 2.45) is 5.92 Å². The van der Waals surface area contributed by atoms with Gasteiger partial charge in [0.2, 0.25) is 0 Å². The van der Waals surface area contributed by atoms with Crippen LogP contribution in [0.15, 0.2) is 36.4 Å². The van der Waals surface area contributed by atoms with E-state index in [9.17, 15) is 4.79 Å². The largest absolute Gasteiger partial charge is 0.496 e. The molecule has 1 fully saturated rings. The van der Waals surface area contributed by atoms with Gasteiger partial charge < -0.3 is 14.8 Å². The molecule has 3 N–H and O–H groups in total. The molecular formula is C22H28ClN3O3. The maximum Gasteiger partial charge on any atom is 0.251 e. The van der Waals surface area contributed by atoms with Crippen LogP contribution < -0.4 is 25.6 Å². The lowest BCUT2D eigenvalue weighted by Crippen LogP contribution is -2.23. The number of rotatable bonds is 8. The molecule has 7 heteroatoms. The van der Waals surface area contributed by atoms with Gasteiger partial charge in [-0.15, -0.1) is 0 Å². The van der Waals surface area contributed by atoms with Crippen molar-refractivity contribution in [3.8, 4) is 11.5 Å². The predicted molar refractivity (Wildman–Crippen MR) is 115 cm³/mol. The molecule has 0 spiro atoms. The summed E-state index contributed by atoms with van der Waals surface area (Å²) >= 11 is 6.35. The van der Waals surface area contributed by atoms with Crippen LogP contribution in [0.4, 0.5) is 0 Å². The molecule has 0 saturated carbocycles. The molecule has 6 nitrogen and oxygen atoms in total. The van der Waals surface area contributed by atoms with Crippen LogP contribution in [-0.4, -0.2) is 32.7 Å². The summed E-state index contributed by atoms with van der Waals surface area (Å²) in [5.74, 6) is 2.04. The Bertz CT molecular complexity index is 851. The molecule has 1 amide bonds. The van der Waals surface area contributed by atoms with E-state index in [0.29, 0.717) is 35.6 Å². The fourth-order valence-electron chi connectivity index (χ4n) is 3.17. The van der Waals surface area contributed by atoms with E-state index in [2.05, 4.69) is 30.0 Å².